The van der Waals surface area contributed by atoms with Crippen molar-refractivity contribution in [1.82, 2.24) is 19.5 Å². The van der Waals surface area contributed by atoms with Crippen molar-refractivity contribution >= 4 is 17.2 Å². The number of carbonyl (C=O) groups excluding carboxylic acids is 1. The van der Waals surface area contributed by atoms with Crippen LogP contribution >= 0.6 is 0 Å². The molecule has 5 rings (SSSR count). The second kappa shape index (κ2) is 7.69. The number of fused-ring (bicyclic) bond motifs is 5. The summed E-state index contributed by atoms with van der Waals surface area (Å²) in [6, 6.07) is 4.86. The van der Waals surface area contributed by atoms with Crippen LogP contribution < -0.4 is 14.8 Å². The molecule has 4 heterocycles. The number of halogens is 1. The van der Waals surface area contributed by atoms with Crippen molar-refractivity contribution in [1.29, 1.82) is 0 Å². The summed E-state index contributed by atoms with van der Waals surface area (Å²) in [6.45, 7) is 1.02. The van der Waals surface area contributed by atoms with Crippen LogP contribution in [0.15, 0.2) is 30.6 Å². The number of hydrogen-bond acceptors (Lipinski definition) is 7. The molecule has 1 aromatic carbocycles. The summed E-state index contributed by atoms with van der Waals surface area (Å²) < 4.78 is 33.1. The van der Waals surface area contributed by atoms with Gasteiger partial charge >= 0.3 is 0 Å². The largest absolute Gasteiger partial charge is 0.494 e. The van der Waals surface area contributed by atoms with Crippen molar-refractivity contribution in [2.75, 3.05) is 39.2 Å². The second-order valence-electron chi connectivity index (χ2n) is 7.52. The molecular weight excluding hydrogens is 405 g/mol. The second-order valence-corrected chi connectivity index (χ2v) is 7.52. The molecule has 1 fully saturated rings. The van der Waals surface area contributed by atoms with E-state index in [9.17, 15) is 9.18 Å². The Labute approximate surface area is 177 Å². The molecule has 2 aromatic heterocycles. The maximum Gasteiger partial charge on any atom is 0.252 e. The molecule has 2 atom stereocenters. The number of nitrogens with zero attached hydrogens (tertiary/aromatic N) is 4. The minimum Gasteiger partial charge on any atom is -0.494 e. The van der Waals surface area contributed by atoms with Gasteiger partial charge in [0.25, 0.3) is 5.91 Å². The number of rotatable bonds is 2. The van der Waals surface area contributed by atoms with Gasteiger partial charge in [-0.25, -0.2) is 8.91 Å². The summed E-state index contributed by atoms with van der Waals surface area (Å²) in [5.41, 5.74) is 2.28. The normalized spacial score (nSPS) is 20.9. The Hall–Kier alpha value is -3.40. The highest BCUT2D eigenvalue weighted by Gasteiger charge is 2.39. The monoisotopic (exact) mass is 427 g/mol. The van der Waals surface area contributed by atoms with Crippen molar-refractivity contribution in [3.8, 4) is 22.8 Å². The van der Waals surface area contributed by atoms with E-state index in [-0.39, 0.29) is 30.0 Å². The minimum absolute atomic E-state index is 0.0988. The van der Waals surface area contributed by atoms with Gasteiger partial charge in [-0.1, -0.05) is 0 Å². The first-order valence-electron chi connectivity index (χ1n) is 10.0. The van der Waals surface area contributed by atoms with Crippen molar-refractivity contribution in [3.05, 3.63) is 36.4 Å². The van der Waals surface area contributed by atoms with Gasteiger partial charge in [0.2, 0.25) is 5.88 Å². The first-order valence-corrected chi connectivity index (χ1v) is 10.0. The van der Waals surface area contributed by atoms with Gasteiger partial charge in [-0.05, 0) is 17.7 Å². The van der Waals surface area contributed by atoms with Crippen LogP contribution in [0.5, 0.6) is 11.6 Å². The van der Waals surface area contributed by atoms with Crippen molar-refractivity contribution in [2.24, 2.45) is 0 Å². The topological polar surface area (TPSA) is 90.2 Å². The molecule has 1 N–H and O–H groups in total. The number of aromatic nitrogens is 3. The SMILES string of the molecule is COc1cc2cc(c1F)NCCN1C(=O)[C@H](OC)C[C@H]1COc1ccn3ncc-2c3n1. The van der Waals surface area contributed by atoms with Crippen LogP contribution in [-0.2, 0) is 9.53 Å². The molecule has 2 aliphatic rings. The molecule has 0 unspecified atom stereocenters. The molecule has 0 aliphatic carbocycles. The Balaban J connectivity index is 1.61. The van der Waals surface area contributed by atoms with Crippen LogP contribution in [0.25, 0.3) is 16.8 Å². The third-order valence-electron chi connectivity index (χ3n) is 5.78. The molecule has 4 bridgehead atoms. The fourth-order valence-corrected chi connectivity index (χ4v) is 4.15. The summed E-state index contributed by atoms with van der Waals surface area (Å²) in [5.74, 6) is -0.0652. The predicted molar refractivity (Wildman–Crippen MR) is 110 cm³/mol. The smallest absolute Gasteiger partial charge is 0.252 e. The van der Waals surface area contributed by atoms with Crippen molar-refractivity contribution in [2.45, 2.75) is 18.6 Å². The van der Waals surface area contributed by atoms with Gasteiger partial charge in [-0.15, -0.1) is 0 Å². The molecule has 0 spiro atoms. The molecule has 3 aromatic rings. The quantitative estimate of drug-likeness (QED) is 0.669. The number of carbonyl (C=O) groups is 1. The first-order chi connectivity index (χ1) is 15.1. The Morgan fingerprint density at radius 1 is 1.32 bits per heavy atom. The average molecular weight is 427 g/mol. The molecular formula is C21H22FN5O4. The third-order valence-corrected chi connectivity index (χ3v) is 5.78. The van der Waals surface area contributed by atoms with Gasteiger partial charge in [0, 0.05) is 44.4 Å². The van der Waals surface area contributed by atoms with Crippen molar-refractivity contribution < 1.29 is 23.4 Å². The number of benzene rings is 1. The summed E-state index contributed by atoms with van der Waals surface area (Å²) in [4.78, 5) is 19.0. The van der Waals surface area contributed by atoms with E-state index in [0.29, 0.717) is 36.6 Å². The number of methoxy groups -OCH3 is 2. The maximum atomic E-state index is 14.9. The summed E-state index contributed by atoms with van der Waals surface area (Å²) in [6.07, 6.45) is 3.44. The standard InChI is InChI=1S/C21H22FN5O4/c1-29-16-8-12-7-15(19(16)22)23-4-6-26-13(9-17(30-2)21(26)28)11-31-18-3-5-27-20(25-18)14(12)10-24-27/h3,5,7-8,10,13,17,23H,4,6,9,11H2,1-2H3/t13-,17+/m0/s1. The van der Waals surface area contributed by atoms with E-state index in [0.717, 1.165) is 5.56 Å². The van der Waals surface area contributed by atoms with Crippen LogP contribution in [0.4, 0.5) is 10.1 Å². The number of ether oxygens (including phenoxy) is 3. The molecule has 2 aliphatic heterocycles. The van der Waals surface area contributed by atoms with E-state index in [1.807, 2.05) is 0 Å². The fraction of sp³-hybridized carbons (Fsp3) is 0.381. The number of nitrogens with one attached hydrogen (secondary N) is 1. The van der Waals surface area contributed by atoms with Gasteiger partial charge < -0.3 is 24.4 Å². The highest BCUT2D eigenvalue weighted by molar-refractivity contribution is 5.84. The first kappa shape index (κ1) is 19.6. The van der Waals surface area contributed by atoms with Gasteiger partial charge in [0.1, 0.15) is 12.7 Å². The summed E-state index contributed by atoms with van der Waals surface area (Å²) in [5, 5.41) is 7.44. The lowest BCUT2D eigenvalue weighted by atomic mass is 10.1. The summed E-state index contributed by atoms with van der Waals surface area (Å²) in [7, 11) is 2.94. The zero-order valence-corrected chi connectivity index (χ0v) is 17.2. The van der Waals surface area contributed by atoms with E-state index in [1.165, 1.54) is 14.2 Å². The van der Waals surface area contributed by atoms with Gasteiger partial charge in [0.15, 0.2) is 17.2 Å². The average Bonchev–Trinajstić information content (AvgIpc) is 3.33. The highest BCUT2D eigenvalue weighted by Crippen LogP contribution is 2.34. The summed E-state index contributed by atoms with van der Waals surface area (Å²) >= 11 is 0. The molecule has 1 amide bonds. The minimum atomic E-state index is -0.513. The Morgan fingerprint density at radius 3 is 3.00 bits per heavy atom. The van der Waals surface area contributed by atoms with Gasteiger partial charge in [0.05, 0.1) is 25.0 Å². The van der Waals surface area contributed by atoms with E-state index in [4.69, 9.17) is 14.2 Å². The molecule has 0 radical (unpaired) electrons. The van der Waals surface area contributed by atoms with Crippen molar-refractivity contribution in [3.63, 3.8) is 0 Å². The Bertz CT molecular complexity index is 1150. The van der Waals surface area contributed by atoms with Crippen LogP contribution in [0, 0.1) is 5.82 Å². The van der Waals surface area contributed by atoms with Crippen LogP contribution in [0.2, 0.25) is 0 Å². The predicted octanol–water partition coefficient (Wildman–Crippen LogP) is 1.96. The Morgan fingerprint density at radius 2 is 2.19 bits per heavy atom. The molecule has 9 nitrogen and oxygen atoms in total. The van der Waals surface area contributed by atoms with E-state index in [2.05, 4.69) is 15.4 Å². The Kier molecular flexibility index (Phi) is 4.85. The molecule has 1 saturated heterocycles. The van der Waals surface area contributed by atoms with Crippen LogP contribution in [0.1, 0.15) is 6.42 Å². The molecule has 162 valence electrons. The number of anilines is 1. The van der Waals surface area contributed by atoms with E-state index < -0.39 is 11.9 Å². The lowest BCUT2D eigenvalue weighted by molar-refractivity contribution is -0.136. The lowest BCUT2D eigenvalue weighted by Crippen LogP contribution is -2.41. The van der Waals surface area contributed by atoms with Crippen LogP contribution in [0.3, 0.4) is 0 Å². The zero-order valence-electron chi connectivity index (χ0n) is 17.2. The lowest BCUT2D eigenvalue weighted by Gasteiger charge is -2.25. The molecule has 10 heteroatoms. The van der Waals surface area contributed by atoms with Gasteiger partial charge in [-0.2, -0.15) is 10.1 Å². The zero-order chi connectivity index (χ0) is 21.5. The molecule has 31 heavy (non-hydrogen) atoms. The van der Waals surface area contributed by atoms with Gasteiger partial charge in [-0.3, -0.25) is 4.79 Å². The highest BCUT2D eigenvalue weighted by atomic mass is 19.1. The maximum absolute atomic E-state index is 14.9. The third kappa shape index (κ3) is 3.32. The fourth-order valence-electron chi connectivity index (χ4n) is 4.15. The number of amides is 1. The van der Waals surface area contributed by atoms with Crippen LogP contribution in [-0.4, -0.2) is 71.5 Å². The molecule has 0 saturated carbocycles. The van der Waals surface area contributed by atoms with E-state index >= 15 is 0 Å². The number of hydrogen-bond donors (Lipinski definition) is 1. The van der Waals surface area contributed by atoms with E-state index in [1.54, 1.807) is 40.0 Å².